The van der Waals surface area contributed by atoms with Crippen molar-refractivity contribution in [3.05, 3.63) is 29.6 Å². The van der Waals surface area contributed by atoms with E-state index < -0.39 is 17.7 Å². The number of amides is 1. The molecule has 1 aromatic rings. The van der Waals surface area contributed by atoms with Gasteiger partial charge in [-0.3, -0.25) is 4.79 Å². The summed E-state index contributed by atoms with van der Waals surface area (Å²) in [4.78, 5) is 16.8. The van der Waals surface area contributed by atoms with Crippen LogP contribution < -0.4 is 0 Å². The van der Waals surface area contributed by atoms with Crippen LogP contribution in [0.5, 0.6) is 0 Å². The third-order valence-corrected chi connectivity index (χ3v) is 2.97. The molecule has 1 amide bonds. The van der Waals surface area contributed by atoms with Gasteiger partial charge in [0.2, 0.25) is 5.95 Å². The first-order valence-electron chi connectivity index (χ1n) is 6.10. The molecule has 1 unspecified atom stereocenters. The minimum atomic E-state index is -1.24. The fraction of sp³-hybridized carbons (Fsp3) is 0.538. The standard InChI is InChI=1S/C13H18F2N2O/c1-4-9(3)8-17(5-2)13(18)10-6-7-16-12(15)11(10)14/h6-7,9H,4-5,8H2,1-3H3. The molecule has 0 bridgehead atoms. The fourth-order valence-electron chi connectivity index (χ4n) is 1.61. The Bertz CT molecular complexity index is 423. The lowest BCUT2D eigenvalue weighted by Crippen LogP contribution is -2.35. The van der Waals surface area contributed by atoms with Crippen LogP contribution in [0, 0.1) is 17.7 Å². The summed E-state index contributed by atoms with van der Waals surface area (Å²) in [5.41, 5.74) is -0.257. The molecular weight excluding hydrogens is 238 g/mol. The van der Waals surface area contributed by atoms with E-state index in [0.29, 0.717) is 19.0 Å². The smallest absolute Gasteiger partial charge is 0.257 e. The lowest BCUT2D eigenvalue weighted by Gasteiger charge is -2.24. The van der Waals surface area contributed by atoms with Crippen molar-refractivity contribution >= 4 is 5.91 Å². The third kappa shape index (κ3) is 3.24. The van der Waals surface area contributed by atoms with E-state index in [9.17, 15) is 13.6 Å². The van der Waals surface area contributed by atoms with Gasteiger partial charge in [0.05, 0.1) is 5.56 Å². The number of pyridine rings is 1. The number of rotatable bonds is 5. The molecule has 100 valence electrons. The maximum atomic E-state index is 13.5. The van der Waals surface area contributed by atoms with Crippen molar-refractivity contribution < 1.29 is 13.6 Å². The van der Waals surface area contributed by atoms with Crippen LogP contribution >= 0.6 is 0 Å². The van der Waals surface area contributed by atoms with Gasteiger partial charge in [-0.25, -0.2) is 9.37 Å². The Morgan fingerprint density at radius 2 is 2.11 bits per heavy atom. The fourth-order valence-corrected chi connectivity index (χ4v) is 1.61. The summed E-state index contributed by atoms with van der Waals surface area (Å²) in [6.07, 6.45) is 2.03. The molecule has 0 radical (unpaired) electrons. The van der Waals surface area contributed by atoms with Gasteiger partial charge in [-0.15, -0.1) is 0 Å². The number of nitrogens with zero attached hydrogens (tertiary/aromatic N) is 2. The number of carbonyl (C=O) groups excluding carboxylic acids is 1. The van der Waals surface area contributed by atoms with Crippen molar-refractivity contribution in [2.75, 3.05) is 13.1 Å². The molecule has 0 saturated carbocycles. The monoisotopic (exact) mass is 256 g/mol. The lowest BCUT2D eigenvalue weighted by atomic mass is 10.1. The first kappa shape index (κ1) is 14.5. The van der Waals surface area contributed by atoms with E-state index in [1.807, 2.05) is 20.8 Å². The number of aromatic nitrogens is 1. The predicted molar refractivity (Wildman–Crippen MR) is 65.2 cm³/mol. The molecule has 1 atom stereocenters. The van der Waals surface area contributed by atoms with Crippen LogP contribution in [0.15, 0.2) is 12.3 Å². The lowest BCUT2D eigenvalue weighted by molar-refractivity contribution is 0.0734. The van der Waals surface area contributed by atoms with Crippen molar-refractivity contribution in [2.24, 2.45) is 5.92 Å². The second kappa shape index (κ2) is 6.42. The second-order valence-electron chi connectivity index (χ2n) is 4.32. The quantitative estimate of drug-likeness (QED) is 0.759. The molecule has 0 aromatic carbocycles. The van der Waals surface area contributed by atoms with Gasteiger partial charge in [-0.2, -0.15) is 4.39 Å². The summed E-state index contributed by atoms with van der Waals surface area (Å²) in [6.45, 7) is 6.85. The number of hydrogen-bond acceptors (Lipinski definition) is 2. The van der Waals surface area contributed by atoms with Crippen LogP contribution in [0.3, 0.4) is 0 Å². The molecule has 0 aliphatic carbocycles. The van der Waals surface area contributed by atoms with Crippen LogP contribution in [0.1, 0.15) is 37.6 Å². The zero-order valence-electron chi connectivity index (χ0n) is 10.9. The molecule has 0 fully saturated rings. The van der Waals surface area contributed by atoms with Crippen molar-refractivity contribution in [3.8, 4) is 0 Å². The average molecular weight is 256 g/mol. The van der Waals surface area contributed by atoms with Crippen molar-refractivity contribution in [3.63, 3.8) is 0 Å². The number of halogens is 2. The normalized spacial score (nSPS) is 12.3. The highest BCUT2D eigenvalue weighted by Gasteiger charge is 2.21. The summed E-state index contributed by atoms with van der Waals surface area (Å²) in [6, 6.07) is 1.21. The molecular formula is C13H18F2N2O. The second-order valence-corrected chi connectivity index (χ2v) is 4.32. The van der Waals surface area contributed by atoms with Gasteiger partial charge in [-0.1, -0.05) is 20.3 Å². The van der Waals surface area contributed by atoms with E-state index in [1.165, 1.54) is 11.0 Å². The van der Waals surface area contributed by atoms with Gasteiger partial charge in [-0.05, 0) is 18.9 Å². The Kier molecular flexibility index (Phi) is 5.19. The maximum Gasteiger partial charge on any atom is 0.257 e. The van der Waals surface area contributed by atoms with Crippen LogP contribution in [0.4, 0.5) is 8.78 Å². The Hall–Kier alpha value is -1.52. The van der Waals surface area contributed by atoms with E-state index in [1.54, 1.807) is 0 Å². The Morgan fingerprint density at radius 1 is 1.44 bits per heavy atom. The predicted octanol–water partition coefficient (Wildman–Crippen LogP) is 2.87. The highest BCUT2D eigenvalue weighted by atomic mass is 19.2. The molecule has 5 heteroatoms. The van der Waals surface area contributed by atoms with Crippen LogP contribution in [-0.2, 0) is 0 Å². The van der Waals surface area contributed by atoms with Crippen molar-refractivity contribution in [1.29, 1.82) is 0 Å². The Labute approximate surface area is 106 Å². The maximum absolute atomic E-state index is 13.5. The summed E-state index contributed by atoms with van der Waals surface area (Å²) in [5, 5.41) is 0. The SMILES string of the molecule is CCC(C)CN(CC)C(=O)c1ccnc(F)c1F. The van der Waals surface area contributed by atoms with Crippen LogP contribution in [0.25, 0.3) is 0 Å². The Morgan fingerprint density at radius 3 is 2.67 bits per heavy atom. The highest BCUT2D eigenvalue weighted by Crippen LogP contribution is 2.14. The zero-order chi connectivity index (χ0) is 13.7. The first-order valence-corrected chi connectivity index (χ1v) is 6.10. The Balaban J connectivity index is 2.93. The minimum Gasteiger partial charge on any atom is -0.339 e. The molecule has 1 heterocycles. The van der Waals surface area contributed by atoms with Gasteiger partial charge in [0.15, 0.2) is 5.82 Å². The van der Waals surface area contributed by atoms with Gasteiger partial charge in [0.25, 0.3) is 5.91 Å². The van der Waals surface area contributed by atoms with E-state index >= 15 is 0 Å². The highest BCUT2D eigenvalue weighted by molar-refractivity contribution is 5.94. The summed E-state index contributed by atoms with van der Waals surface area (Å²) < 4.78 is 26.5. The summed E-state index contributed by atoms with van der Waals surface area (Å²) in [7, 11) is 0. The van der Waals surface area contributed by atoms with Gasteiger partial charge in [0, 0.05) is 19.3 Å². The van der Waals surface area contributed by atoms with Crippen LogP contribution in [0.2, 0.25) is 0 Å². The molecule has 0 spiro atoms. The van der Waals surface area contributed by atoms with E-state index in [-0.39, 0.29) is 5.56 Å². The molecule has 1 rings (SSSR count). The molecule has 1 aromatic heterocycles. The van der Waals surface area contributed by atoms with E-state index in [0.717, 1.165) is 12.6 Å². The largest absolute Gasteiger partial charge is 0.339 e. The summed E-state index contributed by atoms with van der Waals surface area (Å²) in [5.74, 6) is -2.58. The van der Waals surface area contributed by atoms with Gasteiger partial charge in [0.1, 0.15) is 0 Å². The van der Waals surface area contributed by atoms with Crippen molar-refractivity contribution in [2.45, 2.75) is 27.2 Å². The zero-order valence-corrected chi connectivity index (χ0v) is 10.9. The number of carbonyl (C=O) groups is 1. The van der Waals surface area contributed by atoms with Crippen molar-refractivity contribution in [1.82, 2.24) is 9.88 Å². The molecule has 0 N–H and O–H groups in total. The molecule has 0 saturated heterocycles. The molecule has 0 aliphatic heterocycles. The first-order chi connectivity index (χ1) is 8.51. The average Bonchev–Trinajstić information content (AvgIpc) is 2.38. The third-order valence-electron chi connectivity index (χ3n) is 2.97. The molecule has 3 nitrogen and oxygen atoms in total. The molecule has 18 heavy (non-hydrogen) atoms. The summed E-state index contributed by atoms with van der Waals surface area (Å²) >= 11 is 0. The van der Waals surface area contributed by atoms with E-state index in [2.05, 4.69) is 4.98 Å². The van der Waals surface area contributed by atoms with E-state index in [4.69, 9.17) is 0 Å². The van der Waals surface area contributed by atoms with Gasteiger partial charge >= 0.3 is 0 Å². The minimum absolute atomic E-state index is 0.257. The van der Waals surface area contributed by atoms with Gasteiger partial charge < -0.3 is 4.90 Å². The topological polar surface area (TPSA) is 33.2 Å². The molecule has 0 aliphatic rings. The number of hydrogen-bond donors (Lipinski definition) is 0. The van der Waals surface area contributed by atoms with Crippen LogP contribution in [-0.4, -0.2) is 28.9 Å².